The van der Waals surface area contributed by atoms with Crippen LogP contribution in [0.2, 0.25) is 0 Å². The largest absolute Gasteiger partial charge is 0.340 e. The second-order valence-electron chi connectivity index (χ2n) is 3.02. The Labute approximate surface area is 83.1 Å². The summed E-state index contributed by atoms with van der Waals surface area (Å²) in [4.78, 5) is 9.15. The molecule has 0 spiro atoms. The summed E-state index contributed by atoms with van der Waals surface area (Å²) in [5, 5.41) is 3.82. The van der Waals surface area contributed by atoms with E-state index in [2.05, 4.69) is 10.5 Å². The maximum atomic E-state index is 11.1. The average Bonchev–Trinajstić information content (AvgIpc) is 2.14. The number of nitrogens with one attached hydrogen (secondary N) is 1. The Hall–Kier alpha value is -1.12. The Morgan fingerprint density at radius 1 is 1.43 bits per heavy atom. The first-order valence-electron chi connectivity index (χ1n) is 4.16. The molecule has 1 aromatic carbocycles. The number of rotatable bonds is 3. The van der Waals surface area contributed by atoms with Gasteiger partial charge in [-0.3, -0.25) is 9.99 Å². The molecule has 0 aliphatic heterocycles. The number of anilines is 1. The topological polar surface area (TPSA) is 61.7 Å². The lowest BCUT2D eigenvalue weighted by Crippen LogP contribution is -1.97. The zero-order valence-electron chi connectivity index (χ0n) is 8.14. The Balaban J connectivity index is 2.69. The van der Waals surface area contributed by atoms with Crippen molar-refractivity contribution in [2.75, 3.05) is 12.1 Å². The highest BCUT2D eigenvalue weighted by atomic mass is 31.2. The van der Waals surface area contributed by atoms with Gasteiger partial charge >= 0.3 is 0 Å². The van der Waals surface area contributed by atoms with Crippen molar-refractivity contribution in [3.8, 4) is 0 Å². The van der Waals surface area contributed by atoms with Gasteiger partial charge in [0, 0.05) is 6.66 Å². The van der Waals surface area contributed by atoms with Gasteiger partial charge in [0.1, 0.15) is 5.45 Å². The molecular formula is C9H13N2O2P. The summed E-state index contributed by atoms with van der Waals surface area (Å²) in [5.41, 5.74) is 3.71. The number of hydrogen-bond donors (Lipinski definition) is 2. The van der Waals surface area contributed by atoms with Crippen LogP contribution in [0.15, 0.2) is 35.4 Å². The monoisotopic (exact) mass is 212 g/mol. The summed E-state index contributed by atoms with van der Waals surface area (Å²) in [6.45, 7) is 2.79. The molecule has 0 amide bonds. The van der Waals surface area contributed by atoms with E-state index in [4.69, 9.17) is 4.89 Å². The predicted molar refractivity (Wildman–Crippen MR) is 58.9 cm³/mol. The molecule has 0 aliphatic carbocycles. The van der Waals surface area contributed by atoms with E-state index in [-0.39, 0.29) is 5.45 Å². The van der Waals surface area contributed by atoms with Gasteiger partial charge < -0.3 is 4.89 Å². The van der Waals surface area contributed by atoms with E-state index in [9.17, 15) is 4.57 Å². The van der Waals surface area contributed by atoms with Crippen LogP contribution in [0, 0.1) is 0 Å². The zero-order valence-corrected chi connectivity index (χ0v) is 9.03. The van der Waals surface area contributed by atoms with Crippen LogP contribution in [-0.4, -0.2) is 17.0 Å². The highest BCUT2D eigenvalue weighted by molar-refractivity contribution is 7.74. The summed E-state index contributed by atoms with van der Waals surface area (Å²) < 4.78 is 11.1. The number of hydrogen-bond acceptors (Lipinski definition) is 3. The van der Waals surface area contributed by atoms with Gasteiger partial charge in [-0.2, -0.15) is 5.10 Å². The van der Waals surface area contributed by atoms with Crippen LogP contribution in [0.25, 0.3) is 0 Å². The first kappa shape index (κ1) is 11.0. The highest BCUT2D eigenvalue weighted by Gasteiger charge is 2.13. The molecule has 0 saturated heterocycles. The summed E-state index contributed by atoms with van der Waals surface area (Å²) in [6, 6.07) is 9.26. The molecule has 5 heteroatoms. The minimum atomic E-state index is -3.21. The van der Waals surface area contributed by atoms with E-state index in [1.54, 1.807) is 0 Å². The molecule has 76 valence electrons. The fraction of sp³-hybridized carbons (Fsp3) is 0.222. The van der Waals surface area contributed by atoms with Crippen LogP contribution in [0.3, 0.4) is 0 Å². The molecule has 1 rings (SSSR count). The zero-order chi connectivity index (χ0) is 10.6. The van der Waals surface area contributed by atoms with Crippen LogP contribution in [0.5, 0.6) is 0 Å². The Morgan fingerprint density at radius 3 is 2.50 bits per heavy atom. The molecule has 14 heavy (non-hydrogen) atoms. The lowest BCUT2D eigenvalue weighted by molar-refractivity contribution is 0.499. The Bertz CT molecular complexity index is 370. The SMILES string of the molecule is CC(=NNc1ccccc1)P(C)(=O)O. The molecule has 0 aliphatic rings. The quantitative estimate of drug-likeness (QED) is 0.459. The van der Waals surface area contributed by atoms with E-state index in [1.807, 2.05) is 30.3 Å². The van der Waals surface area contributed by atoms with E-state index in [1.165, 1.54) is 13.6 Å². The normalized spacial score (nSPS) is 16.1. The summed E-state index contributed by atoms with van der Waals surface area (Å²) in [5.74, 6) is 0. The van der Waals surface area contributed by atoms with Crippen molar-refractivity contribution in [2.24, 2.45) is 5.10 Å². The molecule has 0 heterocycles. The molecule has 0 radical (unpaired) electrons. The first-order chi connectivity index (χ1) is 6.50. The van der Waals surface area contributed by atoms with Gasteiger partial charge in [-0.1, -0.05) is 18.2 Å². The molecule has 1 aromatic rings. The molecule has 0 bridgehead atoms. The van der Waals surface area contributed by atoms with Crippen molar-refractivity contribution in [2.45, 2.75) is 6.92 Å². The molecule has 0 fully saturated rings. The van der Waals surface area contributed by atoms with Gasteiger partial charge in [0.05, 0.1) is 5.69 Å². The lowest BCUT2D eigenvalue weighted by atomic mass is 10.3. The second-order valence-corrected chi connectivity index (χ2v) is 5.42. The smallest absolute Gasteiger partial charge is 0.241 e. The molecule has 1 unspecified atom stereocenters. The molecule has 2 N–H and O–H groups in total. The third-order valence-corrected chi connectivity index (χ3v) is 3.02. The predicted octanol–water partition coefficient (Wildman–Crippen LogP) is 2.33. The van der Waals surface area contributed by atoms with Crippen LogP contribution in [-0.2, 0) is 4.57 Å². The van der Waals surface area contributed by atoms with Gasteiger partial charge in [-0.15, -0.1) is 0 Å². The molecular weight excluding hydrogens is 199 g/mol. The minimum Gasteiger partial charge on any atom is -0.340 e. The fourth-order valence-corrected chi connectivity index (χ4v) is 0.986. The van der Waals surface area contributed by atoms with Crippen molar-refractivity contribution in [1.82, 2.24) is 0 Å². The van der Waals surface area contributed by atoms with Crippen molar-refractivity contribution < 1.29 is 9.46 Å². The molecule has 4 nitrogen and oxygen atoms in total. The standard InChI is InChI=1S/C9H13N2O2P/c1-8(14(2,12)13)10-11-9-6-4-3-5-7-9/h3-7,11H,1-2H3,(H,12,13). The van der Waals surface area contributed by atoms with Crippen molar-refractivity contribution in [1.29, 1.82) is 0 Å². The van der Waals surface area contributed by atoms with Crippen LogP contribution in [0.4, 0.5) is 5.69 Å². The molecule has 1 atom stereocenters. The van der Waals surface area contributed by atoms with Crippen LogP contribution >= 0.6 is 7.37 Å². The first-order valence-corrected chi connectivity index (χ1v) is 6.27. The van der Waals surface area contributed by atoms with Crippen molar-refractivity contribution in [3.63, 3.8) is 0 Å². The van der Waals surface area contributed by atoms with Gasteiger partial charge in [0.15, 0.2) is 0 Å². The maximum absolute atomic E-state index is 11.1. The number of benzene rings is 1. The number of para-hydroxylation sites is 1. The Morgan fingerprint density at radius 2 is 2.00 bits per heavy atom. The van der Waals surface area contributed by atoms with E-state index >= 15 is 0 Å². The van der Waals surface area contributed by atoms with Gasteiger partial charge in [0.25, 0.3) is 0 Å². The van der Waals surface area contributed by atoms with E-state index < -0.39 is 7.37 Å². The molecule has 0 saturated carbocycles. The van der Waals surface area contributed by atoms with E-state index in [0.29, 0.717) is 0 Å². The van der Waals surface area contributed by atoms with Crippen molar-refractivity contribution >= 4 is 18.5 Å². The minimum absolute atomic E-state index is 0.210. The third kappa shape index (κ3) is 3.32. The fourth-order valence-electron chi connectivity index (χ4n) is 0.751. The van der Waals surface area contributed by atoms with Crippen LogP contribution < -0.4 is 5.43 Å². The van der Waals surface area contributed by atoms with Crippen molar-refractivity contribution in [3.05, 3.63) is 30.3 Å². The van der Waals surface area contributed by atoms with Crippen LogP contribution in [0.1, 0.15) is 6.92 Å². The number of hydrazone groups is 1. The summed E-state index contributed by atoms with van der Waals surface area (Å²) >= 11 is 0. The lowest BCUT2D eigenvalue weighted by Gasteiger charge is -2.05. The number of nitrogens with zero attached hydrogens (tertiary/aromatic N) is 1. The highest BCUT2D eigenvalue weighted by Crippen LogP contribution is 2.36. The molecule has 0 aromatic heterocycles. The van der Waals surface area contributed by atoms with Gasteiger partial charge in [0.2, 0.25) is 7.37 Å². The summed E-state index contributed by atoms with van der Waals surface area (Å²) in [6.07, 6.45) is 0. The summed E-state index contributed by atoms with van der Waals surface area (Å²) in [7, 11) is -3.21. The van der Waals surface area contributed by atoms with E-state index in [0.717, 1.165) is 5.69 Å². The van der Waals surface area contributed by atoms with Gasteiger partial charge in [-0.05, 0) is 19.1 Å². The third-order valence-electron chi connectivity index (χ3n) is 1.72. The Kier molecular flexibility index (Phi) is 3.44. The maximum Gasteiger partial charge on any atom is 0.241 e. The second kappa shape index (κ2) is 4.40. The van der Waals surface area contributed by atoms with Gasteiger partial charge in [-0.25, -0.2) is 0 Å². The average molecular weight is 212 g/mol.